The second-order valence-electron chi connectivity index (χ2n) is 8.24. The van der Waals surface area contributed by atoms with Crippen LogP contribution >= 0.6 is 0 Å². The lowest BCUT2D eigenvalue weighted by Gasteiger charge is -2.19. The molecule has 0 unspecified atom stereocenters. The van der Waals surface area contributed by atoms with Crippen LogP contribution in [0.3, 0.4) is 0 Å². The summed E-state index contributed by atoms with van der Waals surface area (Å²) in [6.07, 6.45) is 1.51. The molecule has 37 heavy (non-hydrogen) atoms. The van der Waals surface area contributed by atoms with Crippen LogP contribution in [0.5, 0.6) is 0 Å². The Bertz CT molecular complexity index is 1380. The molecule has 0 aliphatic rings. The Morgan fingerprint density at radius 2 is 1.24 bits per heavy atom. The third-order valence-electron chi connectivity index (χ3n) is 5.69. The predicted octanol–water partition coefficient (Wildman–Crippen LogP) is 5.53. The molecule has 0 spiro atoms. The molecule has 7 heteroatoms. The molecule has 0 saturated carbocycles. The first kappa shape index (κ1) is 24.9. The standard InChI is InChI=1S/C30H26N4O3/c1-2-20-19-21(17-18-24(20)28(35)34-26-16-10-9-15-25(26)31)27(29(36)32-22-11-5-3-6-12-22)30(37)33-23-13-7-4-8-14-23/h2-19,27H,1,31H2,(H,32,36)(H,33,37)(H,34,35). The summed E-state index contributed by atoms with van der Waals surface area (Å²) in [4.78, 5) is 39.7. The van der Waals surface area contributed by atoms with E-state index in [1.54, 1.807) is 91.0 Å². The number of nitrogen functional groups attached to an aromatic ring is 1. The predicted molar refractivity (Wildman–Crippen MR) is 148 cm³/mol. The van der Waals surface area contributed by atoms with E-state index in [2.05, 4.69) is 22.5 Å². The second-order valence-corrected chi connectivity index (χ2v) is 8.24. The Labute approximate surface area is 215 Å². The molecule has 4 aromatic rings. The highest BCUT2D eigenvalue weighted by atomic mass is 16.2. The molecule has 0 saturated heterocycles. The van der Waals surface area contributed by atoms with Crippen molar-refractivity contribution < 1.29 is 14.4 Å². The van der Waals surface area contributed by atoms with Crippen molar-refractivity contribution in [1.29, 1.82) is 0 Å². The largest absolute Gasteiger partial charge is 0.397 e. The summed E-state index contributed by atoms with van der Waals surface area (Å²) in [7, 11) is 0. The normalized spacial score (nSPS) is 10.4. The zero-order valence-electron chi connectivity index (χ0n) is 20.0. The SMILES string of the molecule is C=Cc1cc(C(C(=O)Nc2ccccc2)C(=O)Nc2ccccc2)ccc1C(=O)Nc1ccccc1N. The molecule has 0 aliphatic heterocycles. The fourth-order valence-electron chi connectivity index (χ4n) is 3.83. The van der Waals surface area contributed by atoms with E-state index in [9.17, 15) is 14.4 Å². The maximum Gasteiger partial charge on any atom is 0.256 e. The van der Waals surface area contributed by atoms with Crippen LogP contribution < -0.4 is 21.7 Å². The summed E-state index contributed by atoms with van der Waals surface area (Å²) in [5, 5.41) is 8.39. The van der Waals surface area contributed by atoms with Crippen molar-refractivity contribution in [3.05, 3.63) is 126 Å². The molecule has 0 aromatic heterocycles. The molecule has 0 radical (unpaired) electrons. The van der Waals surface area contributed by atoms with Gasteiger partial charge in [-0.2, -0.15) is 0 Å². The quantitative estimate of drug-likeness (QED) is 0.192. The molecule has 0 bridgehead atoms. The monoisotopic (exact) mass is 490 g/mol. The maximum atomic E-state index is 13.4. The Morgan fingerprint density at radius 3 is 1.78 bits per heavy atom. The number of carbonyl (C=O) groups excluding carboxylic acids is 3. The molecule has 7 nitrogen and oxygen atoms in total. The molecule has 0 fully saturated rings. The van der Waals surface area contributed by atoms with E-state index >= 15 is 0 Å². The lowest BCUT2D eigenvalue weighted by atomic mass is 9.92. The van der Waals surface area contributed by atoms with Gasteiger partial charge in [-0.3, -0.25) is 14.4 Å². The Balaban J connectivity index is 1.66. The lowest BCUT2D eigenvalue weighted by Crippen LogP contribution is -2.32. The van der Waals surface area contributed by atoms with Crippen LogP contribution in [0.15, 0.2) is 110 Å². The van der Waals surface area contributed by atoms with E-state index in [1.165, 1.54) is 6.08 Å². The van der Waals surface area contributed by atoms with Crippen LogP contribution in [0, 0.1) is 0 Å². The molecule has 4 aromatic carbocycles. The third-order valence-corrected chi connectivity index (χ3v) is 5.69. The molecule has 3 amide bonds. The minimum Gasteiger partial charge on any atom is -0.397 e. The van der Waals surface area contributed by atoms with Gasteiger partial charge in [-0.1, -0.05) is 67.3 Å². The van der Waals surface area contributed by atoms with E-state index in [-0.39, 0.29) is 0 Å². The maximum absolute atomic E-state index is 13.4. The summed E-state index contributed by atoms with van der Waals surface area (Å²) < 4.78 is 0. The van der Waals surface area contributed by atoms with E-state index < -0.39 is 23.6 Å². The van der Waals surface area contributed by atoms with Gasteiger partial charge in [0.1, 0.15) is 5.92 Å². The van der Waals surface area contributed by atoms with Crippen molar-refractivity contribution in [1.82, 2.24) is 0 Å². The van der Waals surface area contributed by atoms with Crippen LogP contribution in [0.25, 0.3) is 6.08 Å². The molecule has 184 valence electrons. The summed E-state index contributed by atoms with van der Waals surface area (Å²) in [6, 6.07) is 29.5. The number of anilines is 4. The van der Waals surface area contributed by atoms with Crippen molar-refractivity contribution >= 4 is 46.5 Å². The first-order chi connectivity index (χ1) is 18.0. The number of rotatable bonds is 8. The first-order valence-corrected chi connectivity index (χ1v) is 11.6. The van der Waals surface area contributed by atoms with Crippen molar-refractivity contribution in [2.75, 3.05) is 21.7 Å². The number of benzene rings is 4. The summed E-state index contributed by atoms with van der Waals surface area (Å²) in [5.74, 6) is -2.60. The average Bonchev–Trinajstić information content (AvgIpc) is 2.91. The summed E-state index contributed by atoms with van der Waals surface area (Å²) >= 11 is 0. The highest BCUT2D eigenvalue weighted by Gasteiger charge is 2.30. The van der Waals surface area contributed by atoms with Gasteiger partial charge in [0.2, 0.25) is 11.8 Å². The van der Waals surface area contributed by atoms with E-state index in [4.69, 9.17) is 5.73 Å². The number of hydrogen-bond acceptors (Lipinski definition) is 4. The average molecular weight is 491 g/mol. The Hall–Kier alpha value is -5.17. The number of para-hydroxylation sites is 4. The van der Waals surface area contributed by atoms with Crippen LogP contribution in [0.2, 0.25) is 0 Å². The minimum atomic E-state index is -1.19. The molecule has 0 heterocycles. The molecule has 4 rings (SSSR count). The van der Waals surface area contributed by atoms with E-state index in [1.807, 2.05) is 12.1 Å². The molecular formula is C30H26N4O3. The smallest absolute Gasteiger partial charge is 0.256 e. The number of carbonyl (C=O) groups is 3. The number of nitrogens with one attached hydrogen (secondary N) is 3. The van der Waals surface area contributed by atoms with Gasteiger partial charge < -0.3 is 21.7 Å². The summed E-state index contributed by atoms with van der Waals surface area (Å²) in [5.41, 5.74) is 9.19. The lowest BCUT2D eigenvalue weighted by molar-refractivity contribution is -0.125. The molecule has 0 atom stereocenters. The minimum absolute atomic E-state index is 0.327. The Kier molecular flexibility index (Phi) is 7.75. The van der Waals surface area contributed by atoms with Crippen molar-refractivity contribution in [3.63, 3.8) is 0 Å². The molecule has 5 N–H and O–H groups in total. The second kappa shape index (κ2) is 11.5. The zero-order chi connectivity index (χ0) is 26.2. The number of amides is 3. The molecular weight excluding hydrogens is 464 g/mol. The van der Waals surface area contributed by atoms with Crippen LogP contribution in [0.1, 0.15) is 27.4 Å². The van der Waals surface area contributed by atoms with Gasteiger partial charge in [0.15, 0.2) is 0 Å². The fourth-order valence-corrected chi connectivity index (χ4v) is 3.83. The summed E-state index contributed by atoms with van der Waals surface area (Å²) in [6.45, 7) is 3.82. The van der Waals surface area contributed by atoms with Crippen molar-refractivity contribution in [2.45, 2.75) is 5.92 Å². The molecule has 0 aliphatic carbocycles. The van der Waals surface area contributed by atoms with Gasteiger partial charge in [0.25, 0.3) is 5.91 Å². The highest BCUT2D eigenvalue weighted by Crippen LogP contribution is 2.26. The van der Waals surface area contributed by atoms with Gasteiger partial charge in [0, 0.05) is 16.9 Å². The van der Waals surface area contributed by atoms with Gasteiger partial charge in [-0.25, -0.2) is 0 Å². The number of hydrogen-bond donors (Lipinski definition) is 4. The van der Waals surface area contributed by atoms with Crippen LogP contribution in [0.4, 0.5) is 22.7 Å². The Morgan fingerprint density at radius 1 is 0.703 bits per heavy atom. The third kappa shape index (κ3) is 6.10. The first-order valence-electron chi connectivity index (χ1n) is 11.6. The van der Waals surface area contributed by atoms with Crippen LogP contribution in [-0.4, -0.2) is 17.7 Å². The fraction of sp³-hybridized carbons (Fsp3) is 0.0333. The number of nitrogens with two attached hydrogens (primary N) is 1. The zero-order valence-corrected chi connectivity index (χ0v) is 20.0. The van der Waals surface area contributed by atoms with E-state index in [0.717, 1.165) is 0 Å². The van der Waals surface area contributed by atoms with Gasteiger partial charge >= 0.3 is 0 Å². The van der Waals surface area contributed by atoms with Gasteiger partial charge in [-0.15, -0.1) is 0 Å². The van der Waals surface area contributed by atoms with Crippen LogP contribution in [-0.2, 0) is 9.59 Å². The van der Waals surface area contributed by atoms with Gasteiger partial charge in [-0.05, 0) is 59.7 Å². The highest BCUT2D eigenvalue weighted by molar-refractivity contribution is 6.15. The van der Waals surface area contributed by atoms with E-state index in [0.29, 0.717) is 39.4 Å². The topological polar surface area (TPSA) is 113 Å². The van der Waals surface area contributed by atoms with Crippen molar-refractivity contribution in [3.8, 4) is 0 Å². The van der Waals surface area contributed by atoms with Crippen molar-refractivity contribution in [2.24, 2.45) is 0 Å². The van der Waals surface area contributed by atoms with Gasteiger partial charge in [0.05, 0.1) is 11.4 Å².